The van der Waals surface area contributed by atoms with E-state index >= 15 is 0 Å². The van der Waals surface area contributed by atoms with Crippen LogP contribution in [0.1, 0.15) is 28.1 Å². The summed E-state index contributed by atoms with van der Waals surface area (Å²) in [4.78, 5) is 26.7. The van der Waals surface area contributed by atoms with E-state index in [1.807, 2.05) is 30.9 Å². The Balaban J connectivity index is 1.24. The van der Waals surface area contributed by atoms with Gasteiger partial charge in [0.2, 0.25) is 0 Å². The maximum Gasteiger partial charge on any atom is 0.274 e. The average molecular weight is 501 g/mol. The van der Waals surface area contributed by atoms with Crippen molar-refractivity contribution in [3.63, 3.8) is 0 Å². The van der Waals surface area contributed by atoms with Gasteiger partial charge in [-0.2, -0.15) is 9.61 Å². The third-order valence-corrected chi connectivity index (χ3v) is 7.51. The zero-order valence-electron chi connectivity index (χ0n) is 21.6. The van der Waals surface area contributed by atoms with Crippen LogP contribution in [0.4, 0.5) is 5.82 Å². The molecule has 0 aliphatic carbocycles. The average Bonchev–Trinajstić information content (AvgIpc) is 3.39. The lowest BCUT2D eigenvalue weighted by molar-refractivity contribution is 0.0360. The number of aromatic nitrogens is 6. The first-order valence-corrected chi connectivity index (χ1v) is 12.9. The van der Waals surface area contributed by atoms with Crippen molar-refractivity contribution in [1.29, 1.82) is 0 Å². The second-order valence-corrected chi connectivity index (χ2v) is 9.99. The largest absolute Gasteiger partial charge is 0.379 e. The molecule has 0 unspecified atom stereocenters. The van der Waals surface area contributed by atoms with Crippen molar-refractivity contribution in [2.75, 3.05) is 44.3 Å². The highest BCUT2D eigenvalue weighted by Gasteiger charge is 2.23. The number of anilines is 1. The van der Waals surface area contributed by atoms with Gasteiger partial charge in [0.25, 0.3) is 5.56 Å². The third-order valence-electron chi connectivity index (χ3n) is 7.51. The molecule has 6 rings (SSSR count). The first kappa shape index (κ1) is 23.7. The topological polar surface area (TPSA) is 93.7 Å². The number of pyridine rings is 1. The molecule has 0 atom stereocenters. The van der Waals surface area contributed by atoms with Crippen molar-refractivity contribution in [3.05, 3.63) is 69.2 Å². The summed E-state index contributed by atoms with van der Waals surface area (Å²) in [5, 5.41) is 9.33. The van der Waals surface area contributed by atoms with Crippen LogP contribution in [-0.2, 0) is 24.2 Å². The van der Waals surface area contributed by atoms with Crippen LogP contribution < -0.4 is 10.5 Å². The Hall–Kier alpha value is -3.63. The molecule has 0 saturated carbocycles. The highest BCUT2D eigenvalue weighted by Crippen LogP contribution is 2.29. The molecule has 4 aromatic rings. The van der Waals surface area contributed by atoms with Gasteiger partial charge in [0.15, 0.2) is 11.5 Å². The van der Waals surface area contributed by atoms with Crippen molar-refractivity contribution < 1.29 is 4.74 Å². The molecule has 37 heavy (non-hydrogen) atoms. The summed E-state index contributed by atoms with van der Waals surface area (Å²) in [5.74, 6) is 0.824. The molecule has 2 aliphatic rings. The minimum Gasteiger partial charge on any atom is -0.379 e. The highest BCUT2D eigenvalue weighted by atomic mass is 16.5. The van der Waals surface area contributed by atoms with Gasteiger partial charge < -0.3 is 9.64 Å². The van der Waals surface area contributed by atoms with E-state index in [0.29, 0.717) is 17.9 Å². The van der Waals surface area contributed by atoms with Crippen LogP contribution in [-0.4, -0.2) is 73.7 Å². The Bertz CT molecular complexity index is 1520. The standard InChI is InChI=1S/C27H32N8O2/c1-18-12-25(36)35-26(30-18)19(2)20(3)27(31-35)33-5-4-24-22(16-33)13-21(14-28-24)23-15-29-34(17-23)7-6-32-8-10-37-11-9-32/h12-15,17H,4-11,16H2,1-3H3. The molecule has 6 heterocycles. The Morgan fingerprint density at radius 3 is 2.65 bits per heavy atom. The lowest BCUT2D eigenvalue weighted by Gasteiger charge is -2.31. The Morgan fingerprint density at radius 1 is 0.973 bits per heavy atom. The fourth-order valence-electron chi connectivity index (χ4n) is 5.20. The van der Waals surface area contributed by atoms with Gasteiger partial charge in [-0.1, -0.05) is 0 Å². The van der Waals surface area contributed by atoms with Gasteiger partial charge in [0.1, 0.15) is 0 Å². The molecule has 2 aliphatic heterocycles. The second-order valence-electron chi connectivity index (χ2n) is 9.99. The van der Waals surface area contributed by atoms with Crippen molar-refractivity contribution in [1.82, 2.24) is 34.3 Å². The van der Waals surface area contributed by atoms with Gasteiger partial charge in [-0.15, -0.1) is 5.10 Å². The van der Waals surface area contributed by atoms with Gasteiger partial charge in [-0.05, 0) is 32.4 Å². The molecule has 4 aromatic heterocycles. The number of nitrogens with zero attached hydrogens (tertiary/aromatic N) is 8. The summed E-state index contributed by atoms with van der Waals surface area (Å²) in [6.45, 7) is 12.8. The van der Waals surface area contributed by atoms with Crippen LogP contribution >= 0.6 is 0 Å². The zero-order chi connectivity index (χ0) is 25.5. The smallest absolute Gasteiger partial charge is 0.274 e. The summed E-state index contributed by atoms with van der Waals surface area (Å²) >= 11 is 0. The van der Waals surface area contributed by atoms with Gasteiger partial charge in [0.05, 0.1) is 26.0 Å². The van der Waals surface area contributed by atoms with Gasteiger partial charge in [0, 0.05) is 91.2 Å². The van der Waals surface area contributed by atoms with E-state index in [0.717, 1.165) is 86.1 Å². The van der Waals surface area contributed by atoms with Crippen molar-refractivity contribution in [3.8, 4) is 11.1 Å². The molecule has 192 valence electrons. The summed E-state index contributed by atoms with van der Waals surface area (Å²) in [5.41, 5.74) is 7.63. The van der Waals surface area contributed by atoms with Gasteiger partial charge in [-0.25, -0.2) is 4.98 Å². The Kier molecular flexibility index (Phi) is 6.21. The maximum absolute atomic E-state index is 12.7. The SMILES string of the molecule is Cc1cc(=O)n2nc(N3CCc4ncc(-c5cnn(CCN6CCOCC6)c5)cc4C3)c(C)c(C)c2n1. The van der Waals surface area contributed by atoms with E-state index in [4.69, 9.17) is 14.8 Å². The van der Waals surface area contributed by atoms with Crippen LogP contribution in [0.5, 0.6) is 0 Å². The first-order valence-electron chi connectivity index (χ1n) is 12.9. The van der Waals surface area contributed by atoms with Crippen LogP contribution in [0.15, 0.2) is 35.5 Å². The van der Waals surface area contributed by atoms with E-state index in [2.05, 4.69) is 39.1 Å². The fourth-order valence-corrected chi connectivity index (χ4v) is 5.20. The van der Waals surface area contributed by atoms with Crippen molar-refractivity contribution in [2.24, 2.45) is 0 Å². The summed E-state index contributed by atoms with van der Waals surface area (Å²) in [6.07, 6.45) is 6.80. The number of rotatable bonds is 5. The molecule has 0 amide bonds. The number of aryl methyl sites for hydroxylation is 2. The van der Waals surface area contributed by atoms with E-state index in [1.165, 1.54) is 16.1 Å². The van der Waals surface area contributed by atoms with E-state index in [9.17, 15) is 4.79 Å². The molecule has 1 fully saturated rings. The van der Waals surface area contributed by atoms with Crippen LogP contribution in [0.3, 0.4) is 0 Å². The quantitative estimate of drug-likeness (QED) is 0.412. The van der Waals surface area contributed by atoms with E-state index in [1.54, 1.807) is 0 Å². The molecule has 0 bridgehead atoms. The third kappa shape index (κ3) is 4.62. The monoisotopic (exact) mass is 500 g/mol. The van der Waals surface area contributed by atoms with Crippen LogP contribution in [0, 0.1) is 20.8 Å². The molecular weight excluding hydrogens is 468 g/mol. The molecule has 0 radical (unpaired) electrons. The number of fused-ring (bicyclic) bond motifs is 2. The normalized spacial score (nSPS) is 16.4. The molecule has 10 heteroatoms. The van der Waals surface area contributed by atoms with Crippen molar-refractivity contribution >= 4 is 11.5 Å². The molecule has 0 aromatic carbocycles. The first-order chi connectivity index (χ1) is 18.0. The fraction of sp³-hybridized carbons (Fsp3) is 0.444. The number of morpholine rings is 1. The van der Waals surface area contributed by atoms with Crippen LogP contribution in [0.25, 0.3) is 16.8 Å². The predicted octanol–water partition coefficient (Wildman–Crippen LogP) is 2.17. The molecule has 0 spiro atoms. The Morgan fingerprint density at radius 2 is 1.81 bits per heavy atom. The molecular formula is C27H32N8O2. The summed E-state index contributed by atoms with van der Waals surface area (Å²) in [7, 11) is 0. The lowest BCUT2D eigenvalue weighted by Crippen LogP contribution is -2.38. The van der Waals surface area contributed by atoms with Gasteiger partial charge >= 0.3 is 0 Å². The summed E-state index contributed by atoms with van der Waals surface area (Å²) < 4.78 is 8.88. The minimum atomic E-state index is -0.154. The lowest BCUT2D eigenvalue weighted by atomic mass is 10.0. The molecule has 10 nitrogen and oxygen atoms in total. The van der Waals surface area contributed by atoms with Crippen LogP contribution in [0.2, 0.25) is 0 Å². The van der Waals surface area contributed by atoms with Gasteiger partial charge in [-0.3, -0.25) is 19.4 Å². The van der Waals surface area contributed by atoms with E-state index in [-0.39, 0.29) is 5.56 Å². The van der Waals surface area contributed by atoms with E-state index < -0.39 is 0 Å². The maximum atomic E-state index is 12.7. The van der Waals surface area contributed by atoms with Crippen molar-refractivity contribution in [2.45, 2.75) is 40.3 Å². The number of hydrogen-bond donors (Lipinski definition) is 0. The number of ether oxygens (including phenoxy) is 1. The zero-order valence-corrected chi connectivity index (χ0v) is 21.6. The molecule has 0 N–H and O–H groups in total. The second kappa shape index (κ2) is 9.68. The highest BCUT2D eigenvalue weighted by molar-refractivity contribution is 5.63. The minimum absolute atomic E-state index is 0.154. The predicted molar refractivity (Wildman–Crippen MR) is 141 cm³/mol. The Labute approximate surface area is 215 Å². The number of hydrogen-bond acceptors (Lipinski definition) is 8. The molecule has 1 saturated heterocycles. The summed E-state index contributed by atoms with van der Waals surface area (Å²) in [6, 6.07) is 3.75.